The first-order valence-corrected chi connectivity index (χ1v) is 8.18. The first-order chi connectivity index (χ1) is 12.1. The van der Waals surface area contributed by atoms with Gasteiger partial charge in [-0.15, -0.1) is 0 Å². The highest BCUT2D eigenvalue weighted by molar-refractivity contribution is 5.93. The van der Waals surface area contributed by atoms with Crippen molar-refractivity contribution in [3.05, 3.63) is 36.4 Å². The highest BCUT2D eigenvalue weighted by Gasteiger charge is 2.44. The molecule has 7 nitrogen and oxygen atoms in total. The number of aliphatic hydroxyl groups excluding tert-OH is 4. The van der Waals surface area contributed by atoms with E-state index < -0.39 is 37.3 Å². The Kier molecular flexibility index (Phi) is 5.41. The molecule has 2 aromatic rings. The molecule has 1 aliphatic rings. The smallest absolute Gasteiger partial charge is 0.229 e. The van der Waals surface area contributed by atoms with Crippen LogP contribution in [0.1, 0.15) is 6.92 Å². The van der Waals surface area contributed by atoms with Crippen molar-refractivity contribution >= 4 is 10.8 Å². The molecule has 1 heterocycles. The summed E-state index contributed by atoms with van der Waals surface area (Å²) < 4.78 is 16.8. The van der Waals surface area contributed by atoms with Crippen LogP contribution in [0.3, 0.4) is 0 Å². The van der Waals surface area contributed by atoms with E-state index in [0.717, 1.165) is 10.8 Å². The lowest BCUT2D eigenvalue weighted by atomic mass is 9.99. The second-order valence-electron chi connectivity index (χ2n) is 5.86. The van der Waals surface area contributed by atoms with Crippen LogP contribution in [0.25, 0.3) is 10.8 Å². The molecule has 7 heteroatoms. The van der Waals surface area contributed by atoms with E-state index in [-0.39, 0.29) is 0 Å². The van der Waals surface area contributed by atoms with E-state index in [1.807, 2.05) is 31.2 Å². The highest BCUT2D eigenvalue weighted by Crippen LogP contribution is 2.35. The van der Waals surface area contributed by atoms with E-state index in [4.69, 9.17) is 14.2 Å². The third kappa shape index (κ3) is 3.42. The van der Waals surface area contributed by atoms with Crippen LogP contribution in [0.4, 0.5) is 0 Å². The van der Waals surface area contributed by atoms with Gasteiger partial charge >= 0.3 is 0 Å². The number of hydrogen-bond donors (Lipinski definition) is 4. The first-order valence-electron chi connectivity index (χ1n) is 8.18. The van der Waals surface area contributed by atoms with Crippen LogP contribution in [-0.4, -0.2) is 64.3 Å². The summed E-state index contributed by atoms with van der Waals surface area (Å²) in [6.45, 7) is 1.92. The Morgan fingerprint density at radius 3 is 2.20 bits per heavy atom. The predicted octanol–water partition coefficient (Wildman–Crippen LogP) is 0.417. The lowest BCUT2D eigenvalue weighted by Gasteiger charge is -2.39. The molecule has 3 rings (SSSR count). The molecule has 25 heavy (non-hydrogen) atoms. The van der Waals surface area contributed by atoms with Gasteiger partial charge in [-0.3, -0.25) is 0 Å². The average Bonchev–Trinajstić information content (AvgIpc) is 2.64. The molecule has 0 saturated carbocycles. The Hall–Kier alpha value is -1.90. The topological polar surface area (TPSA) is 109 Å². The Bertz CT molecular complexity index is 718. The molecule has 0 bridgehead atoms. The number of benzene rings is 2. The largest absolute Gasteiger partial charge is 0.493 e. The maximum atomic E-state index is 10.1. The van der Waals surface area contributed by atoms with Gasteiger partial charge in [-0.05, 0) is 19.1 Å². The van der Waals surface area contributed by atoms with Crippen molar-refractivity contribution in [3.8, 4) is 11.5 Å². The molecule has 0 spiro atoms. The summed E-state index contributed by atoms with van der Waals surface area (Å²) in [6.07, 6.45) is -6.60. The molecule has 5 atom stereocenters. The molecule has 5 unspecified atom stereocenters. The van der Waals surface area contributed by atoms with E-state index in [2.05, 4.69) is 0 Å². The van der Waals surface area contributed by atoms with Gasteiger partial charge in [0, 0.05) is 10.8 Å². The molecule has 1 saturated heterocycles. The fourth-order valence-corrected chi connectivity index (χ4v) is 2.92. The molecule has 0 radical (unpaired) electrons. The summed E-state index contributed by atoms with van der Waals surface area (Å²) in [4.78, 5) is 0. The van der Waals surface area contributed by atoms with Crippen molar-refractivity contribution in [1.29, 1.82) is 0 Å². The summed E-state index contributed by atoms with van der Waals surface area (Å²) >= 11 is 0. The van der Waals surface area contributed by atoms with Gasteiger partial charge in [0.05, 0.1) is 13.2 Å². The molecule has 0 amide bonds. The number of ether oxygens (including phenoxy) is 3. The lowest BCUT2D eigenvalue weighted by Crippen LogP contribution is -2.60. The van der Waals surface area contributed by atoms with Crippen molar-refractivity contribution in [2.75, 3.05) is 13.2 Å². The Morgan fingerprint density at radius 1 is 0.920 bits per heavy atom. The molecule has 1 aliphatic heterocycles. The lowest BCUT2D eigenvalue weighted by molar-refractivity contribution is -0.277. The monoisotopic (exact) mass is 350 g/mol. The van der Waals surface area contributed by atoms with Crippen LogP contribution in [0.2, 0.25) is 0 Å². The second-order valence-corrected chi connectivity index (χ2v) is 5.86. The first kappa shape index (κ1) is 17.9. The molecule has 1 fully saturated rings. The zero-order valence-electron chi connectivity index (χ0n) is 13.8. The number of aliphatic hydroxyl groups is 4. The summed E-state index contributed by atoms with van der Waals surface area (Å²) in [5.41, 5.74) is 0. The van der Waals surface area contributed by atoms with E-state index in [1.165, 1.54) is 0 Å². The number of fused-ring (bicyclic) bond motifs is 1. The van der Waals surface area contributed by atoms with Crippen molar-refractivity contribution in [3.63, 3.8) is 0 Å². The second kappa shape index (κ2) is 7.55. The average molecular weight is 350 g/mol. The Labute approximate surface area is 145 Å². The van der Waals surface area contributed by atoms with Crippen LogP contribution in [0, 0.1) is 0 Å². The molecule has 4 N–H and O–H groups in total. The summed E-state index contributed by atoms with van der Waals surface area (Å²) in [5, 5.41) is 40.7. The fraction of sp³-hybridized carbons (Fsp3) is 0.444. The van der Waals surface area contributed by atoms with E-state index >= 15 is 0 Å². The molecular formula is C18H22O7. The standard InChI is InChI=1S/C18H22O7/c1-2-23-12-7-8-13(11-6-4-3-5-10(11)12)24-18-17(22)16(21)15(20)14(9-19)25-18/h3-8,14-22H,2,9H2,1H3. The molecule has 136 valence electrons. The van der Waals surface area contributed by atoms with E-state index in [1.54, 1.807) is 12.1 Å². The fourth-order valence-electron chi connectivity index (χ4n) is 2.92. The maximum Gasteiger partial charge on any atom is 0.229 e. The molecule has 2 aromatic carbocycles. The zero-order chi connectivity index (χ0) is 18.0. The quantitative estimate of drug-likeness (QED) is 0.619. The minimum Gasteiger partial charge on any atom is -0.493 e. The van der Waals surface area contributed by atoms with Crippen molar-refractivity contribution in [2.45, 2.75) is 37.6 Å². The normalized spacial score (nSPS) is 29.6. The van der Waals surface area contributed by atoms with Crippen LogP contribution in [0.15, 0.2) is 36.4 Å². The van der Waals surface area contributed by atoms with Gasteiger partial charge in [-0.2, -0.15) is 0 Å². The number of hydrogen-bond acceptors (Lipinski definition) is 7. The van der Waals surface area contributed by atoms with Gasteiger partial charge < -0.3 is 34.6 Å². The maximum absolute atomic E-state index is 10.1. The van der Waals surface area contributed by atoms with Crippen molar-refractivity contribution < 1.29 is 34.6 Å². The van der Waals surface area contributed by atoms with Gasteiger partial charge in [0.1, 0.15) is 35.9 Å². The van der Waals surface area contributed by atoms with Gasteiger partial charge in [0.25, 0.3) is 0 Å². The van der Waals surface area contributed by atoms with Crippen LogP contribution < -0.4 is 9.47 Å². The summed E-state index contributed by atoms with van der Waals surface area (Å²) in [7, 11) is 0. The third-order valence-electron chi connectivity index (χ3n) is 4.24. The summed E-state index contributed by atoms with van der Waals surface area (Å²) in [6, 6.07) is 10.9. The zero-order valence-corrected chi connectivity index (χ0v) is 13.8. The van der Waals surface area contributed by atoms with Crippen LogP contribution >= 0.6 is 0 Å². The molecular weight excluding hydrogens is 328 g/mol. The minimum absolute atomic E-state index is 0.434. The Balaban J connectivity index is 1.91. The van der Waals surface area contributed by atoms with Gasteiger partial charge in [0.2, 0.25) is 6.29 Å². The number of rotatable bonds is 5. The third-order valence-corrected chi connectivity index (χ3v) is 4.24. The van der Waals surface area contributed by atoms with E-state index in [0.29, 0.717) is 18.1 Å². The molecule has 0 aromatic heterocycles. The van der Waals surface area contributed by atoms with Crippen molar-refractivity contribution in [1.82, 2.24) is 0 Å². The highest BCUT2D eigenvalue weighted by atomic mass is 16.7. The summed E-state index contributed by atoms with van der Waals surface area (Å²) in [5.74, 6) is 1.14. The molecule has 0 aliphatic carbocycles. The van der Waals surface area contributed by atoms with Gasteiger partial charge in [0.15, 0.2) is 0 Å². The minimum atomic E-state index is -1.48. The Morgan fingerprint density at radius 2 is 1.56 bits per heavy atom. The van der Waals surface area contributed by atoms with Gasteiger partial charge in [-0.1, -0.05) is 24.3 Å². The SMILES string of the molecule is CCOc1ccc(OC2OC(CO)C(O)C(O)C2O)c2ccccc12. The van der Waals surface area contributed by atoms with Gasteiger partial charge in [-0.25, -0.2) is 0 Å². The van der Waals surface area contributed by atoms with Crippen LogP contribution in [-0.2, 0) is 4.74 Å². The van der Waals surface area contributed by atoms with Crippen LogP contribution in [0.5, 0.6) is 11.5 Å². The van der Waals surface area contributed by atoms with Crippen molar-refractivity contribution in [2.24, 2.45) is 0 Å². The predicted molar refractivity (Wildman–Crippen MR) is 89.5 cm³/mol. The van der Waals surface area contributed by atoms with E-state index in [9.17, 15) is 20.4 Å².